The van der Waals surface area contributed by atoms with Gasteiger partial charge in [-0.05, 0) is 48.3 Å². The van der Waals surface area contributed by atoms with Gasteiger partial charge < -0.3 is 19.7 Å². The number of hydrogen-bond acceptors (Lipinski definition) is 5. The summed E-state index contributed by atoms with van der Waals surface area (Å²) in [6, 6.07) is 4.86. The molecule has 0 aromatic heterocycles. The first kappa shape index (κ1) is 20.2. The molecule has 5 atom stereocenters. The van der Waals surface area contributed by atoms with Gasteiger partial charge in [0.25, 0.3) is 5.91 Å². The highest BCUT2D eigenvalue weighted by atomic mass is 19.1. The molecule has 3 saturated heterocycles. The Labute approximate surface area is 179 Å². The van der Waals surface area contributed by atoms with Crippen molar-refractivity contribution in [3.05, 3.63) is 29.6 Å². The van der Waals surface area contributed by atoms with E-state index in [2.05, 4.69) is 5.32 Å². The Bertz CT molecular complexity index is 906. The summed E-state index contributed by atoms with van der Waals surface area (Å²) in [6.07, 6.45) is 0.398. The Morgan fingerprint density at radius 3 is 2.65 bits per heavy atom. The fourth-order valence-electron chi connectivity index (χ4n) is 5.19. The number of hydrogen-bond donors (Lipinski definition) is 1. The molecule has 3 amide bonds. The van der Waals surface area contributed by atoms with Crippen LogP contribution in [0.2, 0.25) is 0 Å². The first-order valence-electron chi connectivity index (χ1n) is 10.8. The summed E-state index contributed by atoms with van der Waals surface area (Å²) in [5, 5.41) is 2.62. The van der Waals surface area contributed by atoms with Crippen LogP contribution < -0.4 is 10.2 Å². The second-order valence-corrected chi connectivity index (χ2v) is 8.86. The van der Waals surface area contributed by atoms with Gasteiger partial charge in [0.05, 0.1) is 18.8 Å². The average molecular weight is 431 g/mol. The quantitative estimate of drug-likeness (QED) is 0.766. The first-order valence-corrected chi connectivity index (χ1v) is 10.8. The maximum absolute atomic E-state index is 14.9. The molecule has 0 unspecified atom stereocenters. The van der Waals surface area contributed by atoms with Crippen LogP contribution in [-0.4, -0.2) is 67.8 Å². The number of carbonyl (C=O) groups is 3. The molecule has 0 spiro atoms. The second-order valence-electron chi connectivity index (χ2n) is 8.86. The smallest absolute Gasteiger partial charge is 0.414 e. The molecule has 1 aromatic carbocycles. The third-order valence-corrected chi connectivity index (χ3v) is 6.82. The number of halogens is 1. The van der Waals surface area contributed by atoms with Crippen LogP contribution in [0.4, 0.5) is 14.9 Å². The van der Waals surface area contributed by atoms with Gasteiger partial charge in [0.1, 0.15) is 18.0 Å². The minimum absolute atomic E-state index is 0.0700. The van der Waals surface area contributed by atoms with E-state index in [0.29, 0.717) is 30.9 Å². The fourth-order valence-corrected chi connectivity index (χ4v) is 5.19. The summed E-state index contributed by atoms with van der Waals surface area (Å²) in [5.41, 5.74) is 1.09. The van der Waals surface area contributed by atoms with Crippen molar-refractivity contribution in [1.82, 2.24) is 10.2 Å². The number of rotatable bonds is 5. The molecule has 8 nitrogen and oxygen atoms in total. The molecule has 1 saturated carbocycles. The van der Waals surface area contributed by atoms with Crippen molar-refractivity contribution in [2.24, 2.45) is 11.8 Å². The number of fused-ring (bicyclic) bond motifs is 1. The lowest BCUT2D eigenvalue weighted by Crippen LogP contribution is -2.39. The minimum atomic E-state index is -0.547. The third kappa shape index (κ3) is 3.75. The fraction of sp³-hybridized carbons (Fsp3) is 0.591. The molecule has 9 heteroatoms. The number of nitrogens with zero attached hydrogens (tertiary/aromatic N) is 2. The van der Waals surface area contributed by atoms with Gasteiger partial charge in [-0.3, -0.25) is 14.5 Å². The highest BCUT2D eigenvalue weighted by Gasteiger charge is 2.58. The molecule has 1 N–H and O–H groups in total. The maximum Gasteiger partial charge on any atom is 0.414 e. The molecule has 1 aliphatic carbocycles. The van der Waals surface area contributed by atoms with E-state index in [4.69, 9.17) is 9.47 Å². The van der Waals surface area contributed by atoms with Gasteiger partial charge in [-0.2, -0.15) is 0 Å². The van der Waals surface area contributed by atoms with Crippen LogP contribution in [0.5, 0.6) is 0 Å². The number of carbonyl (C=O) groups excluding carboxylic acids is 3. The Kier molecular flexibility index (Phi) is 5.08. The number of benzene rings is 1. The Hall–Kier alpha value is -2.68. The molecule has 5 rings (SSSR count). The molecule has 3 heterocycles. The van der Waals surface area contributed by atoms with E-state index in [-0.39, 0.29) is 54.6 Å². The van der Waals surface area contributed by atoms with Crippen molar-refractivity contribution < 1.29 is 28.2 Å². The number of piperidine rings is 1. The second kappa shape index (κ2) is 7.78. The van der Waals surface area contributed by atoms with Gasteiger partial charge in [0.2, 0.25) is 5.91 Å². The number of likely N-dealkylation sites (tertiary alicyclic amines) is 1. The summed E-state index contributed by atoms with van der Waals surface area (Å²) in [6.45, 7) is 3.83. The Morgan fingerprint density at radius 1 is 1.23 bits per heavy atom. The molecule has 31 heavy (non-hydrogen) atoms. The Balaban J connectivity index is 1.20. The number of amides is 3. The van der Waals surface area contributed by atoms with E-state index in [9.17, 15) is 18.8 Å². The van der Waals surface area contributed by atoms with Crippen LogP contribution in [0.15, 0.2) is 18.2 Å². The van der Waals surface area contributed by atoms with E-state index in [1.54, 1.807) is 12.1 Å². The molecule has 3 aliphatic heterocycles. The summed E-state index contributed by atoms with van der Waals surface area (Å²) >= 11 is 0. The summed E-state index contributed by atoms with van der Waals surface area (Å²) in [5.74, 6) is 0.207. The van der Waals surface area contributed by atoms with E-state index in [1.807, 2.05) is 4.90 Å². The van der Waals surface area contributed by atoms with E-state index in [0.717, 1.165) is 12.8 Å². The summed E-state index contributed by atoms with van der Waals surface area (Å²) in [7, 11) is 0. The third-order valence-electron chi connectivity index (χ3n) is 6.82. The van der Waals surface area contributed by atoms with Crippen molar-refractivity contribution in [2.45, 2.75) is 37.9 Å². The number of anilines is 1. The van der Waals surface area contributed by atoms with Gasteiger partial charge in [-0.25, -0.2) is 9.18 Å². The van der Waals surface area contributed by atoms with Crippen molar-refractivity contribution in [3.8, 4) is 0 Å². The highest BCUT2D eigenvalue weighted by molar-refractivity contribution is 5.90. The van der Waals surface area contributed by atoms with Gasteiger partial charge in [0.15, 0.2) is 0 Å². The lowest BCUT2D eigenvalue weighted by Gasteiger charge is -2.23. The van der Waals surface area contributed by atoms with E-state index < -0.39 is 12.2 Å². The van der Waals surface area contributed by atoms with Crippen LogP contribution >= 0.6 is 0 Å². The van der Waals surface area contributed by atoms with Crippen LogP contribution in [-0.2, 0) is 19.1 Å². The van der Waals surface area contributed by atoms with E-state index >= 15 is 0 Å². The number of nitrogens with one attached hydrogen (secondary N) is 1. The predicted octanol–water partition coefficient (Wildman–Crippen LogP) is 1.64. The summed E-state index contributed by atoms with van der Waals surface area (Å²) in [4.78, 5) is 39.0. The normalized spacial score (nSPS) is 31.5. The van der Waals surface area contributed by atoms with Gasteiger partial charge >= 0.3 is 6.09 Å². The van der Waals surface area contributed by atoms with Gasteiger partial charge in [-0.1, -0.05) is 6.07 Å². The van der Waals surface area contributed by atoms with Crippen LogP contribution in [0.1, 0.15) is 31.2 Å². The van der Waals surface area contributed by atoms with Gasteiger partial charge in [-0.15, -0.1) is 0 Å². The largest absolute Gasteiger partial charge is 0.442 e. The van der Waals surface area contributed by atoms with Crippen LogP contribution in [0.25, 0.3) is 0 Å². The van der Waals surface area contributed by atoms with Crippen LogP contribution in [0, 0.1) is 17.7 Å². The monoisotopic (exact) mass is 431 g/mol. The first-order chi connectivity index (χ1) is 14.9. The zero-order valence-corrected chi connectivity index (χ0v) is 17.4. The molecule has 166 valence electrons. The molecule has 1 aromatic rings. The van der Waals surface area contributed by atoms with Crippen molar-refractivity contribution in [3.63, 3.8) is 0 Å². The highest BCUT2D eigenvalue weighted by Crippen LogP contribution is 2.59. The zero-order chi connectivity index (χ0) is 21.7. The topological polar surface area (TPSA) is 88.2 Å². The predicted molar refractivity (Wildman–Crippen MR) is 108 cm³/mol. The molecule has 0 radical (unpaired) electrons. The lowest BCUT2D eigenvalue weighted by atomic mass is 10.0. The average Bonchev–Trinajstić information content (AvgIpc) is 3.21. The standard InChI is InChI=1S/C22H26FN3O5/c1-12(27)24-8-14-9-26(22(29)31-14)13-4-5-15(18(23)7-13)20-16-10-25(11-17(16)20)21(28)19-3-2-6-30-19/h4-5,7,14,16-17,19-20H,2-3,6,8-11H2,1H3,(H,24,27)/t14-,16-,17+,19-,20+/m0/s1. The number of cyclic esters (lactones) is 1. The Morgan fingerprint density at radius 2 is 2.00 bits per heavy atom. The maximum atomic E-state index is 14.9. The SMILES string of the molecule is CC(=O)NC[C@H]1CN(c2ccc([C@H]3[C@@H]4CN(C(=O)[C@@H]5CCCO5)C[C@@H]43)c(F)c2)C(=O)O1. The van der Waals surface area contributed by atoms with Crippen molar-refractivity contribution in [1.29, 1.82) is 0 Å². The minimum Gasteiger partial charge on any atom is -0.442 e. The van der Waals surface area contributed by atoms with Crippen molar-refractivity contribution >= 4 is 23.6 Å². The summed E-state index contributed by atoms with van der Waals surface area (Å²) < 4.78 is 25.7. The number of ether oxygens (including phenoxy) is 2. The zero-order valence-electron chi connectivity index (χ0n) is 17.4. The van der Waals surface area contributed by atoms with E-state index in [1.165, 1.54) is 17.9 Å². The molecular formula is C22H26FN3O5. The molecule has 4 fully saturated rings. The van der Waals surface area contributed by atoms with Crippen molar-refractivity contribution in [2.75, 3.05) is 37.7 Å². The van der Waals surface area contributed by atoms with Gasteiger partial charge in [0, 0.05) is 26.6 Å². The molecule has 4 aliphatic rings. The molecule has 0 bridgehead atoms. The molecular weight excluding hydrogens is 405 g/mol. The van der Waals surface area contributed by atoms with Crippen LogP contribution in [0.3, 0.4) is 0 Å². The lowest BCUT2D eigenvalue weighted by molar-refractivity contribution is -0.140.